The van der Waals surface area contributed by atoms with E-state index in [2.05, 4.69) is 24.3 Å². The van der Waals surface area contributed by atoms with Gasteiger partial charge in [0.2, 0.25) is 0 Å². The van der Waals surface area contributed by atoms with Crippen LogP contribution in [0, 0.1) is 0 Å². The predicted octanol–water partition coefficient (Wildman–Crippen LogP) is 5.23. The maximum Gasteiger partial charge on any atom is 0.305 e. The molecule has 2 atom stereocenters. The van der Waals surface area contributed by atoms with E-state index in [1.807, 2.05) is 59.9 Å². The van der Waals surface area contributed by atoms with E-state index < -0.39 is 18.5 Å². The molecule has 0 heterocycles. The van der Waals surface area contributed by atoms with Crippen LogP contribution in [0.25, 0.3) is 0 Å². The van der Waals surface area contributed by atoms with Crippen molar-refractivity contribution >= 4 is 29.5 Å². The van der Waals surface area contributed by atoms with E-state index in [0.29, 0.717) is 6.42 Å². The minimum Gasteiger partial charge on any atom is -0.481 e. The molecule has 0 amide bonds. The second kappa shape index (κ2) is 12.9. The third-order valence-electron chi connectivity index (χ3n) is 4.13. The fourth-order valence-corrected chi connectivity index (χ4v) is 5.03. The van der Waals surface area contributed by atoms with E-state index in [1.165, 1.54) is 11.1 Å². The molecule has 0 aliphatic carbocycles. The third-order valence-corrected chi connectivity index (χ3v) is 6.64. The molecule has 146 valence electrons. The van der Waals surface area contributed by atoms with Crippen LogP contribution in [0.2, 0.25) is 0 Å². The first-order chi connectivity index (χ1) is 13.4. The molecule has 0 radical (unpaired) electrons. The van der Waals surface area contributed by atoms with E-state index in [0.717, 1.165) is 23.7 Å². The zero-order valence-corrected chi connectivity index (χ0v) is 17.1. The highest BCUT2D eigenvalue weighted by Gasteiger charge is 2.15. The van der Waals surface area contributed by atoms with Crippen molar-refractivity contribution in [1.82, 2.24) is 0 Å². The Morgan fingerprint density at radius 2 is 1.52 bits per heavy atom. The Kier molecular flexibility index (Phi) is 9.68. The van der Waals surface area contributed by atoms with Crippen molar-refractivity contribution in [2.75, 3.05) is 5.75 Å². The molecule has 2 aromatic rings. The largest absolute Gasteiger partial charge is 0.481 e. The van der Waals surface area contributed by atoms with Crippen molar-refractivity contribution < 1.29 is 16.4 Å². The van der Waals surface area contributed by atoms with Gasteiger partial charge in [0, 0.05) is 16.8 Å². The molecule has 2 N–H and O–H groups in total. The Morgan fingerprint density at radius 1 is 0.926 bits per heavy atom. The number of aliphatic hydroxyl groups is 1. The predicted molar refractivity (Wildman–Crippen MR) is 116 cm³/mol. The quantitative estimate of drug-likeness (QED) is 0.447. The van der Waals surface area contributed by atoms with Crippen LogP contribution in [0.4, 0.5) is 0 Å². The summed E-state index contributed by atoms with van der Waals surface area (Å²) >= 11 is 3.71. The first kappa shape index (κ1) is 20.3. The van der Waals surface area contributed by atoms with Crippen LogP contribution in [-0.2, 0) is 16.3 Å². The lowest BCUT2D eigenvalue weighted by Gasteiger charge is -2.18. The number of hydrogen-bond donors (Lipinski definition) is 2. The minimum atomic E-state index is -1.89. The number of benzene rings is 2. The summed E-state index contributed by atoms with van der Waals surface area (Å²) in [7, 11) is 0. The van der Waals surface area contributed by atoms with E-state index in [-0.39, 0.29) is 11.7 Å². The summed E-state index contributed by atoms with van der Waals surface area (Å²) in [5.41, 5.74) is 2.56. The first-order valence-corrected chi connectivity index (χ1v) is 11.4. The Bertz CT molecular complexity index is 695. The van der Waals surface area contributed by atoms with Crippen molar-refractivity contribution in [2.24, 2.45) is 0 Å². The monoisotopic (exact) mass is 405 g/mol. The molecular weight excluding hydrogens is 376 g/mol. The van der Waals surface area contributed by atoms with Crippen molar-refractivity contribution in [3.05, 3.63) is 71.8 Å². The van der Waals surface area contributed by atoms with Gasteiger partial charge in [0.05, 0.1) is 13.9 Å². The highest BCUT2D eigenvalue weighted by Crippen LogP contribution is 2.27. The molecule has 2 rings (SSSR count). The van der Waals surface area contributed by atoms with Gasteiger partial charge < -0.3 is 10.2 Å². The van der Waals surface area contributed by atoms with Gasteiger partial charge in [-0.1, -0.05) is 60.7 Å². The zero-order valence-electron chi connectivity index (χ0n) is 16.4. The minimum absolute atomic E-state index is 0.176. The lowest BCUT2D eigenvalue weighted by molar-refractivity contribution is -0.139. The first-order valence-electron chi connectivity index (χ1n) is 9.66. The summed E-state index contributed by atoms with van der Waals surface area (Å²) in [6.07, 6.45) is -0.648. The Hall–Kier alpha value is -1.43. The lowest BCUT2D eigenvalue weighted by atomic mass is 10.1. The average Bonchev–Trinajstić information content (AvgIpc) is 2.67. The van der Waals surface area contributed by atoms with E-state index in [4.69, 9.17) is 6.48 Å². The number of hydrogen-bond acceptors (Lipinski definition) is 4. The van der Waals surface area contributed by atoms with Gasteiger partial charge in [-0.15, -0.1) is 0 Å². The Balaban J connectivity index is 1.82. The maximum absolute atomic E-state index is 10.8. The van der Waals surface area contributed by atoms with Crippen molar-refractivity contribution in [3.8, 4) is 0 Å². The van der Waals surface area contributed by atoms with Crippen LogP contribution >= 0.6 is 23.5 Å². The molecule has 0 aliphatic rings. The van der Waals surface area contributed by atoms with E-state index in [1.54, 1.807) is 0 Å². The van der Waals surface area contributed by atoms with Gasteiger partial charge in [-0.25, -0.2) is 0 Å². The number of aliphatic carboxylic acids is 1. The Labute approximate surface area is 172 Å². The highest BCUT2D eigenvalue weighted by molar-refractivity contribution is 7.99. The molecule has 3 nitrogen and oxygen atoms in total. The third kappa shape index (κ3) is 9.89. The lowest BCUT2D eigenvalue weighted by Crippen LogP contribution is -2.16. The van der Waals surface area contributed by atoms with Crippen molar-refractivity contribution in [2.45, 2.75) is 48.5 Å². The molecule has 0 saturated carbocycles. The molecule has 0 saturated heterocycles. The van der Waals surface area contributed by atoms with Crippen LogP contribution in [0.1, 0.15) is 38.2 Å². The van der Waals surface area contributed by atoms with Gasteiger partial charge in [0.15, 0.2) is 0 Å². The van der Waals surface area contributed by atoms with Gasteiger partial charge in [0.25, 0.3) is 0 Å². The van der Waals surface area contributed by atoms with Gasteiger partial charge >= 0.3 is 5.97 Å². The summed E-state index contributed by atoms with van der Waals surface area (Å²) in [5, 5.41) is 19.2. The van der Waals surface area contributed by atoms with Crippen LogP contribution in [0.15, 0.2) is 60.7 Å². The molecule has 2 aromatic carbocycles. The molecule has 0 fully saturated rings. The van der Waals surface area contributed by atoms with E-state index >= 15 is 0 Å². The van der Waals surface area contributed by atoms with Crippen LogP contribution < -0.4 is 0 Å². The molecule has 0 aromatic heterocycles. The maximum atomic E-state index is 10.8. The second-order valence-corrected chi connectivity index (χ2v) is 8.81. The van der Waals surface area contributed by atoms with Crippen LogP contribution in [0.5, 0.6) is 0 Å². The fourth-order valence-electron chi connectivity index (χ4n) is 2.67. The van der Waals surface area contributed by atoms with Gasteiger partial charge in [-0.3, -0.25) is 4.79 Å². The van der Waals surface area contributed by atoms with Gasteiger partial charge in [-0.05, 0) is 36.1 Å². The zero-order chi connectivity index (χ0) is 20.2. The van der Waals surface area contributed by atoms with Crippen LogP contribution in [-0.4, -0.2) is 33.3 Å². The molecule has 0 spiro atoms. The standard InChI is InChI=1S/C22H28O3S2/c23-20(15-22(24)25)11-12-21(27-17-19-9-5-2-6-10-19)13-14-26-16-18-7-3-1-4-8-18/h1-10,20-21,23H,11-17H2,(H,24,25)/i20D. The van der Waals surface area contributed by atoms with Crippen molar-refractivity contribution in [1.29, 1.82) is 0 Å². The molecular formula is C22H28O3S2. The fraction of sp³-hybridized carbons (Fsp3) is 0.409. The average molecular weight is 406 g/mol. The molecule has 0 bridgehead atoms. The smallest absolute Gasteiger partial charge is 0.305 e. The number of carboxylic acid groups (broad SMARTS) is 1. The number of carbonyl (C=O) groups is 1. The van der Waals surface area contributed by atoms with Gasteiger partial charge in [-0.2, -0.15) is 23.5 Å². The van der Waals surface area contributed by atoms with Crippen molar-refractivity contribution in [3.63, 3.8) is 0 Å². The molecule has 2 unspecified atom stereocenters. The molecule has 5 heteroatoms. The summed E-state index contributed by atoms with van der Waals surface area (Å²) < 4.78 is 7.83. The topological polar surface area (TPSA) is 57.5 Å². The highest BCUT2D eigenvalue weighted by atomic mass is 32.2. The summed E-state index contributed by atoms with van der Waals surface area (Å²) in [5.74, 6) is 1.71. The van der Waals surface area contributed by atoms with Gasteiger partial charge in [0.1, 0.15) is 0 Å². The number of carboxylic acids is 1. The summed E-state index contributed by atoms with van der Waals surface area (Å²) in [4.78, 5) is 10.8. The number of thioether (sulfide) groups is 2. The normalized spacial score (nSPS) is 14.9. The Morgan fingerprint density at radius 3 is 2.11 bits per heavy atom. The molecule has 27 heavy (non-hydrogen) atoms. The number of rotatable bonds is 13. The SMILES string of the molecule is [2H]C(O)(CCC(CCSCc1ccccc1)SCc1ccccc1)CC(=O)O. The molecule has 0 aliphatic heterocycles. The van der Waals surface area contributed by atoms with Crippen LogP contribution in [0.3, 0.4) is 0 Å². The second-order valence-electron chi connectivity index (χ2n) is 6.42. The van der Waals surface area contributed by atoms with E-state index in [9.17, 15) is 9.90 Å². The summed E-state index contributed by atoms with van der Waals surface area (Å²) in [6.45, 7) is 0. The summed E-state index contributed by atoms with van der Waals surface area (Å²) in [6, 6.07) is 20.6.